The maximum atomic E-state index is 6.94. The van der Waals surface area contributed by atoms with Gasteiger partial charge in [0.05, 0.1) is 11.4 Å². The second kappa shape index (κ2) is 22.6. The van der Waals surface area contributed by atoms with Gasteiger partial charge >= 0.3 is 0 Å². The van der Waals surface area contributed by atoms with E-state index in [-0.39, 0.29) is 17.8 Å². The lowest BCUT2D eigenvalue weighted by Gasteiger charge is -2.31. The highest BCUT2D eigenvalue weighted by atomic mass is 16.3. The topological polar surface area (TPSA) is 37.9 Å². The van der Waals surface area contributed by atoms with Crippen molar-refractivity contribution in [2.45, 2.75) is 49.9 Å². The van der Waals surface area contributed by atoms with Crippen LogP contribution in [0.25, 0.3) is 89.0 Å². The Morgan fingerprint density at radius 3 is 1.39 bits per heavy atom. The lowest BCUT2D eigenvalue weighted by Crippen LogP contribution is -2.14. The zero-order valence-electron chi connectivity index (χ0n) is 51.6. The van der Waals surface area contributed by atoms with Gasteiger partial charge in [-0.25, -0.2) is 9.98 Å². The Balaban J connectivity index is 0.767. The Bertz CT molecular complexity index is 5290. The first-order valence-corrected chi connectivity index (χ1v) is 32.8. The summed E-state index contributed by atoms with van der Waals surface area (Å²) in [5.41, 5.74) is 35.0. The summed E-state index contributed by atoms with van der Waals surface area (Å²) >= 11 is 0. The second-order valence-corrected chi connectivity index (χ2v) is 25.8. The third kappa shape index (κ3) is 9.74. The van der Waals surface area contributed by atoms with Gasteiger partial charge in [0.25, 0.3) is 0 Å². The molecule has 3 nitrogen and oxygen atoms in total. The van der Waals surface area contributed by atoms with Crippen molar-refractivity contribution in [3.8, 4) is 66.8 Å². The van der Waals surface area contributed by atoms with Gasteiger partial charge in [-0.15, -0.1) is 0 Å². The summed E-state index contributed by atoms with van der Waals surface area (Å²) in [7, 11) is 0. The van der Waals surface area contributed by atoms with Gasteiger partial charge in [0, 0.05) is 47.1 Å². The molecule has 0 saturated carbocycles. The van der Waals surface area contributed by atoms with Crippen molar-refractivity contribution in [1.82, 2.24) is 0 Å². The predicted molar refractivity (Wildman–Crippen MR) is 385 cm³/mol. The highest BCUT2D eigenvalue weighted by Crippen LogP contribution is 2.51. The molecule has 18 rings (SSSR count). The lowest BCUT2D eigenvalue weighted by atomic mass is 9.73. The van der Waals surface area contributed by atoms with Crippen LogP contribution in [-0.2, 0) is 25.7 Å². The van der Waals surface area contributed by atoms with Crippen molar-refractivity contribution in [2.75, 3.05) is 0 Å². The molecule has 0 amide bonds. The minimum Gasteiger partial charge on any atom is -0.460 e. The molecule has 0 saturated heterocycles. The van der Waals surface area contributed by atoms with Crippen molar-refractivity contribution >= 4 is 33.8 Å². The van der Waals surface area contributed by atoms with E-state index in [1.54, 1.807) is 0 Å². The molecule has 2 heterocycles. The maximum Gasteiger partial charge on any atom is 0.160 e. The molecule has 0 bridgehead atoms. The average Bonchev–Trinajstić information content (AvgIpc) is 1.70. The molecule has 0 N–H and O–H groups in total. The molecule has 3 unspecified atom stereocenters. The Morgan fingerprint density at radius 1 is 0.355 bits per heavy atom. The molecule has 3 heteroatoms. The number of allylic oxidation sites excluding steroid dienone is 3. The molecule has 0 fully saturated rings. The normalized spacial score (nSPS) is 16.8. The summed E-state index contributed by atoms with van der Waals surface area (Å²) in [4.78, 5) is 11.1. The summed E-state index contributed by atoms with van der Waals surface area (Å²) in [6.45, 7) is 4.57. The van der Waals surface area contributed by atoms with Crippen LogP contribution in [0, 0.1) is 0 Å². The number of amidine groups is 1. The molecule has 1 aromatic heterocycles. The number of furan rings is 1. The summed E-state index contributed by atoms with van der Waals surface area (Å²) in [6.07, 6.45) is 8.46. The van der Waals surface area contributed by atoms with Crippen LogP contribution in [0.4, 0.5) is 0 Å². The fourth-order valence-electron chi connectivity index (χ4n) is 15.8. The SMILES string of the molecule is C=C1C=C(C2=NC(c3ccccc3)=CCC(c3ccc(-c4ccccc4)cc3)=N2)c2c(oc3ccc(C4Cc5ccc(-c6ccc7c(c6)-c6ccccc6CC7c6ccccc6)cc5-c5cc(-c6ccc7c(c6)-c6ccccc6CC7c6ccccc6)ccc54)cc23)C1. The fourth-order valence-corrected chi connectivity index (χ4v) is 15.8. The van der Waals surface area contributed by atoms with E-state index in [2.05, 4.69) is 304 Å². The first-order chi connectivity index (χ1) is 46.0. The van der Waals surface area contributed by atoms with E-state index < -0.39 is 0 Å². The molecule has 0 radical (unpaired) electrons. The van der Waals surface area contributed by atoms with Gasteiger partial charge in [-0.05, 0) is 195 Å². The van der Waals surface area contributed by atoms with Crippen molar-refractivity contribution < 1.29 is 4.42 Å². The van der Waals surface area contributed by atoms with Crippen LogP contribution in [0.2, 0.25) is 0 Å². The van der Waals surface area contributed by atoms with Gasteiger partial charge in [-0.1, -0.05) is 261 Å². The summed E-state index contributed by atoms with van der Waals surface area (Å²) < 4.78 is 6.94. The molecule has 3 atom stereocenters. The van der Waals surface area contributed by atoms with Crippen LogP contribution in [0.1, 0.15) is 96.7 Å². The van der Waals surface area contributed by atoms with E-state index in [4.69, 9.17) is 14.4 Å². The molecule has 5 aliphatic rings. The third-order valence-electron chi connectivity index (χ3n) is 20.4. The molecule has 93 heavy (non-hydrogen) atoms. The van der Waals surface area contributed by atoms with E-state index in [0.29, 0.717) is 18.7 Å². The van der Waals surface area contributed by atoms with Crippen LogP contribution in [0.15, 0.2) is 324 Å². The summed E-state index contributed by atoms with van der Waals surface area (Å²) in [5.74, 6) is 2.16. The van der Waals surface area contributed by atoms with Crippen LogP contribution < -0.4 is 0 Å². The van der Waals surface area contributed by atoms with Crippen molar-refractivity contribution in [1.29, 1.82) is 0 Å². The van der Waals surface area contributed by atoms with Gasteiger partial charge in [0.2, 0.25) is 0 Å². The fraction of sp³-hybridized carbons (Fsp3) is 0.0889. The van der Waals surface area contributed by atoms with Crippen LogP contribution >= 0.6 is 0 Å². The minimum absolute atomic E-state index is 0.0526. The Morgan fingerprint density at radius 2 is 0.806 bits per heavy atom. The highest BCUT2D eigenvalue weighted by molar-refractivity contribution is 6.31. The molecule has 440 valence electrons. The molecule has 4 aliphatic carbocycles. The number of benzene rings is 12. The molecule has 1 aliphatic heterocycles. The molecular weight excluding hydrogens is 1130 g/mol. The zero-order valence-corrected chi connectivity index (χ0v) is 51.6. The van der Waals surface area contributed by atoms with Gasteiger partial charge in [0.15, 0.2) is 5.84 Å². The number of fused-ring (bicyclic) bond motifs is 12. The van der Waals surface area contributed by atoms with Gasteiger partial charge in [0.1, 0.15) is 11.3 Å². The number of rotatable bonds is 9. The van der Waals surface area contributed by atoms with E-state index in [1.807, 2.05) is 0 Å². The Labute approximate surface area is 543 Å². The minimum atomic E-state index is 0.0526. The van der Waals surface area contributed by atoms with Crippen LogP contribution in [-0.4, -0.2) is 11.5 Å². The molecule has 12 aromatic carbocycles. The first kappa shape index (κ1) is 54.7. The Kier molecular flexibility index (Phi) is 13.3. The number of nitrogens with zero attached hydrogens (tertiary/aromatic N) is 2. The highest BCUT2D eigenvalue weighted by Gasteiger charge is 2.33. The predicted octanol–water partition coefficient (Wildman–Crippen LogP) is 22.3. The summed E-state index contributed by atoms with van der Waals surface area (Å²) in [6, 6.07) is 106. The largest absolute Gasteiger partial charge is 0.460 e. The maximum absolute atomic E-state index is 6.94. The number of hydrogen-bond donors (Lipinski definition) is 0. The monoisotopic (exact) mass is 1190 g/mol. The van der Waals surface area contributed by atoms with E-state index in [0.717, 1.165) is 75.2 Å². The summed E-state index contributed by atoms with van der Waals surface area (Å²) in [5, 5.41) is 1.06. The molecule has 0 spiro atoms. The van der Waals surface area contributed by atoms with Gasteiger partial charge < -0.3 is 4.42 Å². The second-order valence-electron chi connectivity index (χ2n) is 25.8. The average molecular weight is 1190 g/mol. The van der Waals surface area contributed by atoms with Crippen molar-refractivity contribution in [3.05, 3.63) is 382 Å². The number of hydrogen-bond acceptors (Lipinski definition) is 3. The Hall–Kier alpha value is -11.3. The van der Waals surface area contributed by atoms with Gasteiger partial charge in [-0.3, -0.25) is 0 Å². The van der Waals surface area contributed by atoms with Crippen molar-refractivity contribution in [2.24, 2.45) is 9.98 Å². The third-order valence-corrected chi connectivity index (χ3v) is 20.4. The number of aliphatic imine (C=N–C) groups is 2. The lowest BCUT2D eigenvalue weighted by molar-refractivity contribution is 0.560. The standard InChI is InChI=1S/C90H64N2O/c1-56-46-84(90-91-85(61-24-12-5-13-25-61)43-44-86(92-90)62-32-30-58(31-33-62)57-18-6-2-7-19-57)89-83-55-70(39-45-87(83)93-88(89)47-56)78-54-69-35-34-63(64-36-40-73-76(59-20-8-3-9-21-59)52-67-26-14-16-28-71(67)80(73)49-64)48-79(69)82-51-66(38-42-75(78)82)65-37-41-74-77(60-22-10-4-11-23-60)53-68-27-15-17-29-72(68)81(74)50-65/h2-43,45-46,48-51,55,76-78H,1,44,47,52-54H2. The molecule has 13 aromatic rings. The quantitative estimate of drug-likeness (QED) is 0.142. The smallest absolute Gasteiger partial charge is 0.160 e. The van der Waals surface area contributed by atoms with Crippen LogP contribution in [0.3, 0.4) is 0 Å². The van der Waals surface area contributed by atoms with E-state index in [1.165, 1.54) is 117 Å². The first-order valence-electron chi connectivity index (χ1n) is 32.8. The zero-order chi connectivity index (χ0) is 61.5. The van der Waals surface area contributed by atoms with Crippen molar-refractivity contribution in [3.63, 3.8) is 0 Å². The van der Waals surface area contributed by atoms with E-state index in [9.17, 15) is 0 Å². The van der Waals surface area contributed by atoms with E-state index >= 15 is 0 Å². The van der Waals surface area contributed by atoms with Gasteiger partial charge in [-0.2, -0.15) is 0 Å². The molecular formula is C90H64N2O. The van der Waals surface area contributed by atoms with Crippen LogP contribution in [0.5, 0.6) is 0 Å².